The second-order valence-electron chi connectivity index (χ2n) is 0.937. The standard InChI is InChI=1S/C3H6O2S2/c4-3(5-7)1-2-6/h6-7H,1-2H2. The van der Waals surface area contributed by atoms with Gasteiger partial charge in [0.15, 0.2) is 0 Å². The second kappa shape index (κ2) is 4.33. The van der Waals surface area contributed by atoms with Crippen LogP contribution >= 0.6 is 25.5 Å². The maximum absolute atomic E-state index is 10.1. The molecule has 0 aromatic heterocycles. The smallest absolute Gasteiger partial charge is 0.318 e. The molecule has 0 aliphatic heterocycles. The van der Waals surface area contributed by atoms with Crippen LogP contribution in [0.1, 0.15) is 6.42 Å². The summed E-state index contributed by atoms with van der Waals surface area (Å²) in [4.78, 5) is 10.1. The zero-order valence-electron chi connectivity index (χ0n) is 3.63. The molecule has 0 rings (SSSR count). The van der Waals surface area contributed by atoms with Gasteiger partial charge in [0.25, 0.3) is 0 Å². The van der Waals surface area contributed by atoms with E-state index in [0.717, 1.165) is 0 Å². The van der Waals surface area contributed by atoms with Crippen LogP contribution in [0.5, 0.6) is 0 Å². The molecule has 7 heavy (non-hydrogen) atoms. The Labute approximate surface area is 53.3 Å². The quantitative estimate of drug-likeness (QED) is 0.434. The van der Waals surface area contributed by atoms with Crippen LogP contribution in [-0.4, -0.2) is 11.7 Å². The van der Waals surface area contributed by atoms with Crippen molar-refractivity contribution in [3.8, 4) is 0 Å². The Balaban J connectivity index is 3.00. The van der Waals surface area contributed by atoms with Crippen molar-refractivity contribution < 1.29 is 8.98 Å². The summed E-state index contributed by atoms with van der Waals surface area (Å²) in [5.41, 5.74) is 0. The van der Waals surface area contributed by atoms with Gasteiger partial charge in [-0.25, -0.2) is 0 Å². The van der Waals surface area contributed by atoms with Crippen molar-refractivity contribution in [2.24, 2.45) is 0 Å². The molecule has 0 aliphatic carbocycles. The lowest BCUT2D eigenvalue weighted by atomic mass is 10.5. The van der Waals surface area contributed by atoms with Crippen molar-refractivity contribution in [3.05, 3.63) is 0 Å². The van der Waals surface area contributed by atoms with Crippen LogP contribution in [0.4, 0.5) is 0 Å². The minimum absolute atomic E-state index is 0.326. The molecule has 0 aliphatic rings. The number of rotatable bonds is 2. The Hall–Kier alpha value is 0.170. The fourth-order valence-corrected chi connectivity index (χ4v) is 0.411. The lowest BCUT2D eigenvalue weighted by Gasteiger charge is -1.88. The highest BCUT2D eigenvalue weighted by molar-refractivity contribution is 7.80. The molecule has 0 atom stereocenters. The van der Waals surface area contributed by atoms with E-state index in [1.54, 1.807) is 0 Å². The fourth-order valence-electron chi connectivity index (χ4n) is 0.137. The Morgan fingerprint density at radius 3 is 2.43 bits per heavy atom. The Kier molecular flexibility index (Phi) is 4.44. The van der Waals surface area contributed by atoms with Crippen LogP contribution in [0.2, 0.25) is 0 Å². The SMILES string of the molecule is O=C(CCS)OS. The molecule has 0 aromatic carbocycles. The summed E-state index contributed by atoms with van der Waals surface area (Å²) >= 11 is 7.05. The average Bonchev–Trinajstić information content (AvgIpc) is 1.68. The van der Waals surface area contributed by atoms with Crippen LogP contribution in [0, 0.1) is 0 Å². The highest BCUT2D eigenvalue weighted by Crippen LogP contribution is 1.89. The monoisotopic (exact) mass is 138 g/mol. The van der Waals surface area contributed by atoms with Gasteiger partial charge in [-0.2, -0.15) is 12.6 Å². The van der Waals surface area contributed by atoms with E-state index >= 15 is 0 Å². The molecule has 0 spiro atoms. The van der Waals surface area contributed by atoms with E-state index in [4.69, 9.17) is 0 Å². The summed E-state index contributed by atoms with van der Waals surface area (Å²) in [6.07, 6.45) is 0.326. The summed E-state index contributed by atoms with van der Waals surface area (Å²) in [6, 6.07) is 0. The first-order chi connectivity index (χ1) is 3.31. The Morgan fingerprint density at radius 2 is 2.29 bits per heavy atom. The number of hydrogen-bond acceptors (Lipinski definition) is 4. The topological polar surface area (TPSA) is 26.3 Å². The Bertz CT molecular complexity index is 64.0. The molecule has 4 heteroatoms. The summed E-state index contributed by atoms with van der Waals surface area (Å²) in [7, 11) is 0. The zero-order valence-corrected chi connectivity index (χ0v) is 5.41. The summed E-state index contributed by atoms with van der Waals surface area (Å²) in [5, 5.41) is 0. The summed E-state index contributed by atoms with van der Waals surface area (Å²) in [6.45, 7) is 0. The maximum atomic E-state index is 10.1. The van der Waals surface area contributed by atoms with Crippen molar-refractivity contribution in [3.63, 3.8) is 0 Å². The third kappa shape index (κ3) is 4.01. The molecule has 0 heterocycles. The molecular formula is C3H6O2S2. The zero-order chi connectivity index (χ0) is 5.70. The number of carbonyl (C=O) groups is 1. The molecule has 0 saturated heterocycles. The minimum Gasteiger partial charge on any atom is -0.395 e. The van der Waals surface area contributed by atoms with Gasteiger partial charge in [-0.1, -0.05) is 0 Å². The lowest BCUT2D eigenvalue weighted by molar-refractivity contribution is -0.132. The van der Waals surface area contributed by atoms with E-state index in [2.05, 4.69) is 29.7 Å². The largest absolute Gasteiger partial charge is 0.395 e. The van der Waals surface area contributed by atoms with Gasteiger partial charge in [0.05, 0.1) is 6.42 Å². The van der Waals surface area contributed by atoms with E-state index in [1.807, 2.05) is 0 Å². The first-order valence-electron chi connectivity index (χ1n) is 1.76. The molecule has 0 saturated carbocycles. The summed E-state index contributed by atoms with van der Waals surface area (Å²) < 4.78 is 4.00. The first kappa shape index (κ1) is 7.17. The van der Waals surface area contributed by atoms with Gasteiger partial charge in [-0.3, -0.25) is 4.79 Å². The molecular weight excluding hydrogens is 132 g/mol. The van der Waals surface area contributed by atoms with E-state index in [-0.39, 0.29) is 5.97 Å². The normalized spacial score (nSPS) is 8.29. The number of carbonyl (C=O) groups excluding carboxylic acids is 1. The van der Waals surface area contributed by atoms with Gasteiger partial charge < -0.3 is 4.18 Å². The molecule has 0 N–H and O–H groups in total. The highest BCUT2D eigenvalue weighted by Gasteiger charge is 1.94. The third-order valence-electron chi connectivity index (χ3n) is 0.418. The number of thiol groups is 2. The van der Waals surface area contributed by atoms with E-state index < -0.39 is 0 Å². The van der Waals surface area contributed by atoms with Crippen LogP contribution < -0.4 is 0 Å². The molecule has 0 aromatic rings. The van der Waals surface area contributed by atoms with Crippen molar-refractivity contribution in [1.29, 1.82) is 0 Å². The lowest BCUT2D eigenvalue weighted by Crippen LogP contribution is -1.95. The highest BCUT2D eigenvalue weighted by atomic mass is 32.1. The van der Waals surface area contributed by atoms with Crippen molar-refractivity contribution in [2.45, 2.75) is 6.42 Å². The molecule has 0 fully saturated rings. The van der Waals surface area contributed by atoms with Gasteiger partial charge in [0, 0.05) is 18.7 Å². The van der Waals surface area contributed by atoms with E-state index in [9.17, 15) is 4.79 Å². The van der Waals surface area contributed by atoms with Crippen molar-refractivity contribution in [2.75, 3.05) is 5.75 Å². The molecule has 2 nitrogen and oxygen atoms in total. The van der Waals surface area contributed by atoms with Gasteiger partial charge >= 0.3 is 5.97 Å². The van der Waals surface area contributed by atoms with Crippen LogP contribution in [0.25, 0.3) is 0 Å². The molecule has 0 amide bonds. The molecule has 42 valence electrons. The number of hydrogen-bond donors (Lipinski definition) is 2. The molecule has 0 bridgehead atoms. The maximum Gasteiger partial charge on any atom is 0.318 e. The van der Waals surface area contributed by atoms with E-state index in [0.29, 0.717) is 12.2 Å². The van der Waals surface area contributed by atoms with Gasteiger partial charge in [0.2, 0.25) is 0 Å². The average molecular weight is 138 g/mol. The second-order valence-corrected chi connectivity index (χ2v) is 1.57. The van der Waals surface area contributed by atoms with Crippen LogP contribution in [-0.2, 0) is 8.98 Å². The van der Waals surface area contributed by atoms with Crippen molar-refractivity contribution in [1.82, 2.24) is 0 Å². The predicted octanol–water partition coefficient (Wildman–Crippen LogP) is 0.694. The predicted molar refractivity (Wildman–Crippen MR) is 33.5 cm³/mol. The Morgan fingerprint density at radius 1 is 1.71 bits per heavy atom. The molecule has 0 radical (unpaired) electrons. The van der Waals surface area contributed by atoms with Crippen LogP contribution in [0.15, 0.2) is 0 Å². The van der Waals surface area contributed by atoms with Crippen molar-refractivity contribution >= 4 is 31.5 Å². The van der Waals surface area contributed by atoms with E-state index in [1.165, 1.54) is 0 Å². The third-order valence-corrected chi connectivity index (χ3v) is 0.845. The van der Waals surface area contributed by atoms with Gasteiger partial charge in [0.1, 0.15) is 0 Å². The first-order valence-corrected chi connectivity index (χ1v) is 2.76. The summed E-state index contributed by atoms with van der Waals surface area (Å²) in [5.74, 6) is 0.178. The molecule has 0 unspecified atom stereocenters. The van der Waals surface area contributed by atoms with Gasteiger partial charge in [-0.15, -0.1) is 0 Å². The minimum atomic E-state index is -0.335. The van der Waals surface area contributed by atoms with Crippen LogP contribution in [0.3, 0.4) is 0 Å². The van der Waals surface area contributed by atoms with Gasteiger partial charge in [-0.05, 0) is 0 Å². The fraction of sp³-hybridized carbons (Fsp3) is 0.667.